The van der Waals surface area contributed by atoms with Crippen LogP contribution in [0.25, 0.3) is 0 Å². The van der Waals surface area contributed by atoms with E-state index in [1.807, 2.05) is 5.43 Å². The van der Waals surface area contributed by atoms with Gasteiger partial charge in [0.05, 0.1) is 24.9 Å². The van der Waals surface area contributed by atoms with E-state index in [4.69, 9.17) is 9.15 Å². The Hall–Kier alpha value is -5.33. The van der Waals surface area contributed by atoms with Gasteiger partial charge >= 0.3 is 29.6 Å². The van der Waals surface area contributed by atoms with Crippen LogP contribution in [-0.2, 0) is 30.5 Å². The van der Waals surface area contributed by atoms with Gasteiger partial charge in [-0.15, -0.1) is 0 Å². The molecule has 0 aliphatic carbocycles. The van der Waals surface area contributed by atoms with Gasteiger partial charge in [0.2, 0.25) is 0 Å². The Labute approximate surface area is 215 Å². The van der Waals surface area contributed by atoms with Crippen LogP contribution >= 0.6 is 0 Å². The molecule has 0 bridgehead atoms. The third-order valence-corrected chi connectivity index (χ3v) is 4.63. The zero-order valence-electron chi connectivity index (χ0n) is 19.9. The maximum absolute atomic E-state index is 12.9. The van der Waals surface area contributed by atoms with Crippen LogP contribution in [0.3, 0.4) is 0 Å². The largest absolute Gasteiger partial charge is 0.462 e. The molecule has 1 aromatic heterocycles. The van der Waals surface area contributed by atoms with Crippen LogP contribution in [0, 0.1) is 5.82 Å². The summed E-state index contributed by atoms with van der Waals surface area (Å²) in [5.74, 6) is -4.44. The molecule has 0 aliphatic heterocycles. The van der Waals surface area contributed by atoms with E-state index in [0.717, 1.165) is 18.3 Å². The topological polar surface area (TPSA) is 168 Å². The van der Waals surface area contributed by atoms with Gasteiger partial charge in [0, 0.05) is 11.4 Å². The molecule has 0 radical (unpaired) electrons. The van der Waals surface area contributed by atoms with Crippen LogP contribution in [-0.4, -0.2) is 42.4 Å². The van der Waals surface area contributed by atoms with E-state index in [1.54, 1.807) is 6.92 Å². The summed E-state index contributed by atoms with van der Waals surface area (Å²) >= 11 is 0. The van der Waals surface area contributed by atoms with E-state index < -0.39 is 35.4 Å². The predicted molar refractivity (Wildman–Crippen MR) is 132 cm³/mol. The lowest BCUT2D eigenvalue weighted by atomic mass is 10.2. The number of anilines is 2. The van der Waals surface area contributed by atoms with Gasteiger partial charge in [0.1, 0.15) is 17.3 Å². The second-order valence-electron chi connectivity index (χ2n) is 7.40. The number of hydrogen-bond donors (Lipinski definition) is 4. The lowest BCUT2D eigenvalue weighted by molar-refractivity contribution is -0.136. The summed E-state index contributed by atoms with van der Waals surface area (Å²) in [5, 5.41) is 10.7. The van der Waals surface area contributed by atoms with Crippen molar-refractivity contribution in [3.63, 3.8) is 0 Å². The lowest BCUT2D eigenvalue weighted by Gasteiger charge is -2.06. The molecule has 0 fully saturated rings. The standard InChI is InChI=1S/C25H22FN5O7/c1-2-37-25(36)15-3-7-17(8-4-15)29-22(33)21(32)27-13-19-11-12-20(38-19)14-28-31-24(35)23(34)30-18-9-5-16(26)6-10-18/h3-12,14H,2,13H2,1H3,(H,27,32)(H,29,33)(H,30,34)(H,31,35)/b28-14+. The van der Waals surface area contributed by atoms with Crippen LogP contribution in [0.1, 0.15) is 28.8 Å². The average Bonchev–Trinajstić information content (AvgIpc) is 3.36. The number of esters is 1. The normalized spacial score (nSPS) is 10.5. The Balaban J connectivity index is 1.42. The zero-order valence-corrected chi connectivity index (χ0v) is 19.9. The quantitative estimate of drug-likeness (QED) is 0.151. The Kier molecular flexibility index (Phi) is 9.40. The first-order valence-corrected chi connectivity index (χ1v) is 11.1. The minimum atomic E-state index is -1.06. The van der Waals surface area contributed by atoms with E-state index in [9.17, 15) is 28.4 Å². The van der Waals surface area contributed by atoms with Gasteiger partial charge in [-0.2, -0.15) is 5.10 Å². The first-order chi connectivity index (χ1) is 18.2. The molecule has 13 heteroatoms. The van der Waals surface area contributed by atoms with Crippen molar-refractivity contribution < 1.29 is 37.5 Å². The van der Waals surface area contributed by atoms with Crippen molar-refractivity contribution in [3.05, 3.63) is 83.6 Å². The zero-order chi connectivity index (χ0) is 27.5. The number of furan rings is 1. The number of hydrazone groups is 1. The van der Waals surface area contributed by atoms with Gasteiger partial charge in [0.25, 0.3) is 0 Å². The second kappa shape index (κ2) is 13.1. The molecular formula is C25H22FN5O7. The highest BCUT2D eigenvalue weighted by Crippen LogP contribution is 2.11. The molecule has 2 aromatic carbocycles. The molecule has 12 nitrogen and oxygen atoms in total. The molecule has 4 amide bonds. The molecule has 0 unspecified atom stereocenters. The summed E-state index contributed by atoms with van der Waals surface area (Å²) in [6.07, 6.45) is 1.13. The van der Waals surface area contributed by atoms with Crippen molar-refractivity contribution >= 4 is 47.2 Å². The summed E-state index contributed by atoms with van der Waals surface area (Å²) in [6.45, 7) is 1.80. The van der Waals surface area contributed by atoms with Crippen molar-refractivity contribution in [3.8, 4) is 0 Å². The van der Waals surface area contributed by atoms with E-state index >= 15 is 0 Å². The number of nitrogens with zero attached hydrogens (tertiary/aromatic N) is 1. The fourth-order valence-corrected chi connectivity index (χ4v) is 2.82. The Morgan fingerprint density at radius 2 is 1.45 bits per heavy atom. The maximum Gasteiger partial charge on any atom is 0.338 e. The number of hydrogen-bond acceptors (Lipinski definition) is 8. The van der Waals surface area contributed by atoms with Gasteiger partial charge in [-0.05, 0) is 67.6 Å². The number of rotatable bonds is 8. The lowest BCUT2D eigenvalue weighted by Crippen LogP contribution is -2.34. The van der Waals surface area contributed by atoms with E-state index in [0.29, 0.717) is 11.3 Å². The van der Waals surface area contributed by atoms with Crippen LogP contribution in [0.4, 0.5) is 15.8 Å². The molecule has 0 spiro atoms. The molecule has 0 saturated heterocycles. The number of halogens is 1. The van der Waals surface area contributed by atoms with Gasteiger partial charge in [-0.1, -0.05) is 0 Å². The van der Waals surface area contributed by atoms with Crippen molar-refractivity contribution in [1.29, 1.82) is 0 Å². The third-order valence-electron chi connectivity index (χ3n) is 4.63. The molecule has 3 aromatic rings. The van der Waals surface area contributed by atoms with Crippen molar-refractivity contribution in [2.24, 2.45) is 5.10 Å². The van der Waals surface area contributed by atoms with Crippen molar-refractivity contribution in [2.75, 3.05) is 17.2 Å². The molecule has 0 atom stereocenters. The molecule has 0 saturated carbocycles. The average molecular weight is 523 g/mol. The van der Waals surface area contributed by atoms with Gasteiger partial charge < -0.3 is 25.1 Å². The molecule has 196 valence electrons. The van der Waals surface area contributed by atoms with E-state index in [2.05, 4.69) is 21.1 Å². The fourth-order valence-electron chi connectivity index (χ4n) is 2.82. The molecule has 4 N–H and O–H groups in total. The highest BCUT2D eigenvalue weighted by atomic mass is 19.1. The van der Waals surface area contributed by atoms with E-state index in [-0.39, 0.29) is 30.4 Å². The maximum atomic E-state index is 12.9. The molecule has 0 aliphatic rings. The Bertz CT molecular complexity index is 1350. The number of ether oxygens (including phenoxy) is 1. The number of benzene rings is 2. The SMILES string of the molecule is CCOC(=O)c1ccc(NC(=O)C(=O)NCc2ccc(/C=N/NC(=O)C(=O)Nc3ccc(F)cc3)o2)cc1. The minimum Gasteiger partial charge on any atom is -0.462 e. The van der Waals surface area contributed by atoms with Gasteiger partial charge in [-0.3, -0.25) is 19.2 Å². The number of carbonyl (C=O) groups excluding carboxylic acids is 5. The Morgan fingerprint density at radius 3 is 2.08 bits per heavy atom. The molecule has 1 heterocycles. The molecule has 3 rings (SSSR count). The summed E-state index contributed by atoms with van der Waals surface area (Å²) in [7, 11) is 0. The van der Waals surface area contributed by atoms with Crippen molar-refractivity contribution in [1.82, 2.24) is 10.7 Å². The first kappa shape index (κ1) is 27.3. The van der Waals surface area contributed by atoms with Crippen molar-refractivity contribution in [2.45, 2.75) is 13.5 Å². The van der Waals surface area contributed by atoms with Crippen LogP contribution in [0.5, 0.6) is 0 Å². The fraction of sp³-hybridized carbons (Fsp3) is 0.120. The molecule has 38 heavy (non-hydrogen) atoms. The van der Waals surface area contributed by atoms with Crippen LogP contribution in [0.2, 0.25) is 0 Å². The first-order valence-electron chi connectivity index (χ1n) is 11.1. The Morgan fingerprint density at radius 1 is 0.842 bits per heavy atom. The predicted octanol–water partition coefficient (Wildman–Crippen LogP) is 1.94. The minimum absolute atomic E-state index is 0.117. The van der Waals surface area contributed by atoms with Gasteiger partial charge in [-0.25, -0.2) is 14.6 Å². The van der Waals surface area contributed by atoms with Crippen LogP contribution < -0.4 is 21.4 Å². The monoisotopic (exact) mass is 523 g/mol. The van der Waals surface area contributed by atoms with E-state index in [1.165, 1.54) is 48.5 Å². The summed E-state index contributed by atoms with van der Waals surface area (Å²) in [4.78, 5) is 59.5. The summed E-state index contributed by atoms with van der Waals surface area (Å²) in [6, 6.07) is 13.7. The second-order valence-corrected chi connectivity index (χ2v) is 7.40. The number of nitrogens with one attached hydrogen (secondary N) is 4. The van der Waals surface area contributed by atoms with Crippen LogP contribution in [0.15, 0.2) is 70.2 Å². The van der Waals surface area contributed by atoms with Gasteiger partial charge in [0.15, 0.2) is 0 Å². The smallest absolute Gasteiger partial charge is 0.338 e. The number of amides is 4. The molecular weight excluding hydrogens is 501 g/mol. The highest BCUT2D eigenvalue weighted by molar-refractivity contribution is 6.40. The summed E-state index contributed by atoms with van der Waals surface area (Å²) in [5.41, 5.74) is 2.86. The summed E-state index contributed by atoms with van der Waals surface area (Å²) < 4.78 is 23.2. The highest BCUT2D eigenvalue weighted by Gasteiger charge is 2.15. The number of carbonyl (C=O) groups is 5. The third kappa shape index (κ3) is 8.12.